The van der Waals surface area contributed by atoms with Crippen LogP contribution in [-0.2, 0) is 6.61 Å². The molecule has 1 spiro atoms. The summed E-state index contributed by atoms with van der Waals surface area (Å²) in [5, 5.41) is 3.99. The van der Waals surface area contributed by atoms with Gasteiger partial charge in [-0.25, -0.2) is 0 Å². The van der Waals surface area contributed by atoms with Crippen LogP contribution in [0.2, 0.25) is 5.02 Å². The average Bonchev–Trinajstić information content (AvgIpc) is 2.51. The van der Waals surface area contributed by atoms with Gasteiger partial charge in [0.1, 0.15) is 18.2 Å². The zero-order valence-corrected chi connectivity index (χ0v) is 14.3. The van der Waals surface area contributed by atoms with Crippen molar-refractivity contribution >= 4 is 17.4 Å². The van der Waals surface area contributed by atoms with E-state index in [4.69, 9.17) is 21.1 Å². The molecule has 1 N–H and O–H groups in total. The summed E-state index contributed by atoms with van der Waals surface area (Å²) in [5.74, 6) is 2.33. The van der Waals surface area contributed by atoms with E-state index >= 15 is 0 Å². The number of nitrogens with one attached hydrogen (secondary N) is 1. The van der Waals surface area contributed by atoms with Crippen LogP contribution in [0.25, 0.3) is 0 Å². The molecule has 5 nitrogen and oxygen atoms in total. The Morgan fingerprint density at radius 1 is 1.25 bits per heavy atom. The predicted octanol–water partition coefficient (Wildman–Crippen LogP) is 2.73. The van der Waals surface area contributed by atoms with Crippen molar-refractivity contribution in [2.75, 3.05) is 38.2 Å². The SMILES string of the molecule is COc1cc(Cl)ccc1COc1cccc(N2CC3(CNC3)C2)n1. The van der Waals surface area contributed by atoms with Crippen LogP contribution in [0.1, 0.15) is 5.56 Å². The summed E-state index contributed by atoms with van der Waals surface area (Å²) in [7, 11) is 1.63. The minimum Gasteiger partial charge on any atom is -0.496 e. The minimum absolute atomic E-state index is 0.394. The highest BCUT2D eigenvalue weighted by atomic mass is 35.5. The molecule has 2 aliphatic rings. The lowest BCUT2D eigenvalue weighted by Crippen LogP contribution is -2.71. The number of pyridine rings is 1. The van der Waals surface area contributed by atoms with Gasteiger partial charge < -0.3 is 19.7 Å². The molecule has 24 heavy (non-hydrogen) atoms. The summed E-state index contributed by atoms with van der Waals surface area (Å²) >= 11 is 5.99. The molecule has 2 saturated heterocycles. The Bertz CT molecular complexity index is 741. The molecule has 1 aromatic heterocycles. The molecule has 2 aromatic rings. The number of nitrogens with zero attached hydrogens (tertiary/aromatic N) is 2. The Hall–Kier alpha value is -1.98. The lowest BCUT2D eigenvalue weighted by atomic mass is 9.74. The molecule has 0 bridgehead atoms. The third kappa shape index (κ3) is 2.89. The van der Waals surface area contributed by atoms with Gasteiger partial charge in [-0.2, -0.15) is 4.98 Å². The molecule has 0 saturated carbocycles. The molecular weight excluding hydrogens is 326 g/mol. The van der Waals surface area contributed by atoms with Gasteiger partial charge in [-0.05, 0) is 18.2 Å². The van der Waals surface area contributed by atoms with Gasteiger partial charge in [0.2, 0.25) is 5.88 Å². The van der Waals surface area contributed by atoms with Crippen LogP contribution in [0.3, 0.4) is 0 Å². The van der Waals surface area contributed by atoms with E-state index in [2.05, 4.69) is 15.2 Å². The van der Waals surface area contributed by atoms with Crippen LogP contribution in [-0.4, -0.2) is 38.3 Å². The van der Waals surface area contributed by atoms with Gasteiger partial charge in [-0.15, -0.1) is 0 Å². The molecule has 0 atom stereocenters. The number of benzene rings is 1. The topological polar surface area (TPSA) is 46.6 Å². The molecule has 126 valence electrons. The van der Waals surface area contributed by atoms with Crippen LogP contribution in [0, 0.1) is 5.41 Å². The second kappa shape index (κ2) is 6.15. The number of rotatable bonds is 5. The third-order valence-corrected chi connectivity index (χ3v) is 4.95. The number of ether oxygens (including phenoxy) is 2. The summed E-state index contributed by atoms with van der Waals surface area (Å²) in [4.78, 5) is 6.93. The van der Waals surface area contributed by atoms with Gasteiger partial charge >= 0.3 is 0 Å². The molecule has 3 heterocycles. The van der Waals surface area contributed by atoms with E-state index in [1.165, 1.54) is 0 Å². The fourth-order valence-electron chi connectivity index (χ4n) is 3.28. The Balaban J connectivity index is 1.41. The van der Waals surface area contributed by atoms with Gasteiger partial charge in [0, 0.05) is 48.2 Å². The lowest BCUT2D eigenvalue weighted by Gasteiger charge is -2.56. The van der Waals surface area contributed by atoms with Crippen LogP contribution in [0.4, 0.5) is 5.82 Å². The van der Waals surface area contributed by atoms with Gasteiger partial charge in [0.15, 0.2) is 0 Å². The van der Waals surface area contributed by atoms with Gasteiger partial charge in [0.05, 0.1) is 7.11 Å². The van der Waals surface area contributed by atoms with Crippen molar-refractivity contribution in [1.82, 2.24) is 10.3 Å². The fraction of sp³-hybridized carbons (Fsp3) is 0.389. The van der Waals surface area contributed by atoms with Gasteiger partial charge in [0.25, 0.3) is 0 Å². The van der Waals surface area contributed by atoms with Gasteiger partial charge in [-0.3, -0.25) is 0 Å². The first-order chi connectivity index (χ1) is 11.7. The first kappa shape index (κ1) is 15.5. The Labute approximate surface area is 146 Å². The minimum atomic E-state index is 0.394. The van der Waals surface area contributed by atoms with E-state index in [1.807, 2.05) is 30.3 Å². The summed E-state index contributed by atoms with van der Waals surface area (Å²) in [6, 6.07) is 11.4. The third-order valence-electron chi connectivity index (χ3n) is 4.71. The molecule has 6 heteroatoms. The molecular formula is C18H20ClN3O2. The lowest BCUT2D eigenvalue weighted by molar-refractivity contribution is 0.120. The first-order valence-electron chi connectivity index (χ1n) is 8.05. The Morgan fingerprint density at radius 3 is 2.79 bits per heavy atom. The fourth-order valence-corrected chi connectivity index (χ4v) is 3.44. The van der Waals surface area contributed by atoms with Crippen molar-refractivity contribution in [2.45, 2.75) is 6.61 Å². The maximum Gasteiger partial charge on any atom is 0.215 e. The number of halogens is 1. The van der Waals surface area contributed by atoms with E-state index in [-0.39, 0.29) is 0 Å². The molecule has 0 radical (unpaired) electrons. The van der Waals surface area contributed by atoms with E-state index < -0.39 is 0 Å². The average molecular weight is 346 g/mol. The van der Waals surface area contributed by atoms with Crippen LogP contribution in [0.15, 0.2) is 36.4 Å². The van der Waals surface area contributed by atoms with E-state index in [0.717, 1.165) is 43.3 Å². The quantitative estimate of drug-likeness (QED) is 0.902. The highest BCUT2D eigenvalue weighted by molar-refractivity contribution is 6.30. The summed E-state index contributed by atoms with van der Waals surface area (Å²) < 4.78 is 11.2. The summed E-state index contributed by atoms with van der Waals surface area (Å²) in [6.07, 6.45) is 0. The molecule has 1 aromatic carbocycles. The molecule has 0 aliphatic carbocycles. The second-order valence-corrected chi connectivity index (χ2v) is 6.97. The smallest absolute Gasteiger partial charge is 0.215 e. The molecule has 0 amide bonds. The van der Waals surface area contributed by atoms with Crippen LogP contribution >= 0.6 is 11.6 Å². The standard InChI is InChI=1S/C18H20ClN3O2/c1-23-15-7-14(19)6-5-13(15)8-24-17-4-2-3-16(21-17)22-11-18(12-22)9-20-10-18/h2-7,20H,8-12H2,1H3. The zero-order valence-electron chi connectivity index (χ0n) is 13.6. The Morgan fingerprint density at radius 2 is 2.08 bits per heavy atom. The van der Waals surface area contributed by atoms with E-state index in [0.29, 0.717) is 22.9 Å². The van der Waals surface area contributed by atoms with Crippen LogP contribution < -0.4 is 19.7 Å². The highest BCUT2D eigenvalue weighted by Gasteiger charge is 2.47. The molecule has 2 fully saturated rings. The Kier molecular flexibility index (Phi) is 3.98. The largest absolute Gasteiger partial charge is 0.496 e. The van der Waals surface area contributed by atoms with Crippen molar-refractivity contribution in [2.24, 2.45) is 5.41 Å². The summed E-state index contributed by atoms with van der Waals surface area (Å²) in [6.45, 7) is 4.78. The van der Waals surface area contributed by atoms with E-state index in [9.17, 15) is 0 Å². The van der Waals surface area contributed by atoms with Crippen molar-refractivity contribution < 1.29 is 9.47 Å². The second-order valence-electron chi connectivity index (χ2n) is 6.54. The van der Waals surface area contributed by atoms with Crippen molar-refractivity contribution in [3.05, 3.63) is 47.0 Å². The van der Waals surface area contributed by atoms with Crippen LogP contribution in [0.5, 0.6) is 11.6 Å². The first-order valence-corrected chi connectivity index (χ1v) is 8.43. The van der Waals surface area contributed by atoms with Crippen molar-refractivity contribution in [1.29, 1.82) is 0 Å². The molecule has 4 rings (SSSR count). The summed E-state index contributed by atoms with van der Waals surface area (Å²) in [5.41, 5.74) is 1.42. The highest BCUT2D eigenvalue weighted by Crippen LogP contribution is 2.37. The van der Waals surface area contributed by atoms with Gasteiger partial charge in [-0.1, -0.05) is 23.7 Å². The van der Waals surface area contributed by atoms with Crippen molar-refractivity contribution in [3.63, 3.8) is 0 Å². The maximum atomic E-state index is 5.99. The zero-order chi connectivity index (χ0) is 16.6. The normalized spacial score (nSPS) is 18.0. The predicted molar refractivity (Wildman–Crippen MR) is 94.1 cm³/mol. The molecule has 2 aliphatic heterocycles. The number of aromatic nitrogens is 1. The number of anilines is 1. The number of hydrogen-bond acceptors (Lipinski definition) is 5. The monoisotopic (exact) mass is 345 g/mol. The maximum absolute atomic E-state index is 5.99. The van der Waals surface area contributed by atoms with E-state index in [1.54, 1.807) is 13.2 Å². The number of methoxy groups -OCH3 is 1. The molecule has 0 unspecified atom stereocenters. The number of hydrogen-bond donors (Lipinski definition) is 1. The van der Waals surface area contributed by atoms with Crippen molar-refractivity contribution in [3.8, 4) is 11.6 Å².